The van der Waals surface area contributed by atoms with Gasteiger partial charge in [0.1, 0.15) is 5.82 Å². The summed E-state index contributed by atoms with van der Waals surface area (Å²) in [7, 11) is 0. The molecular formula is C30H32FN3O2. The van der Waals surface area contributed by atoms with Crippen molar-refractivity contribution in [2.75, 3.05) is 19.6 Å². The average molecular weight is 486 g/mol. The second-order valence-electron chi connectivity index (χ2n) is 9.58. The summed E-state index contributed by atoms with van der Waals surface area (Å²) in [5.74, 6) is -0.329. The lowest BCUT2D eigenvalue weighted by atomic mass is 9.95. The van der Waals surface area contributed by atoms with E-state index in [9.17, 15) is 14.3 Å². The molecule has 3 aromatic carbocycles. The maximum absolute atomic E-state index is 13.2. The first kappa shape index (κ1) is 24.1. The Morgan fingerprint density at radius 3 is 2.64 bits per heavy atom. The normalized spacial score (nSPS) is 16.3. The maximum Gasteiger partial charge on any atom is 0.251 e. The van der Waals surface area contributed by atoms with E-state index in [-0.39, 0.29) is 17.6 Å². The summed E-state index contributed by atoms with van der Waals surface area (Å²) in [6.45, 7) is 3.07. The first-order valence-electron chi connectivity index (χ1n) is 12.7. The lowest BCUT2D eigenvalue weighted by Crippen LogP contribution is -2.36. The number of aromatic nitrogens is 1. The van der Waals surface area contributed by atoms with Gasteiger partial charge in [0.25, 0.3) is 5.91 Å². The van der Waals surface area contributed by atoms with Crippen molar-refractivity contribution in [2.45, 2.75) is 38.3 Å². The van der Waals surface area contributed by atoms with E-state index < -0.39 is 0 Å². The number of hydrogen-bond donors (Lipinski definition) is 2. The van der Waals surface area contributed by atoms with E-state index in [0.29, 0.717) is 30.1 Å². The number of halogens is 1. The molecule has 0 saturated carbocycles. The average Bonchev–Trinajstić information content (AvgIpc) is 3.22. The number of carbonyl (C=O) groups is 1. The minimum absolute atomic E-state index is 0.0982. The summed E-state index contributed by atoms with van der Waals surface area (Å²) < 4.78 is 14.9. The maximum atomic E-state index is 13.2. The molecule has 4 aromatic rings. The van der Waals surface area contributed by atoms with Crippen molar-refractivity contribution in [1.29, 1.82) is 0 Å². The first-order chi connectivity index (χ1) is 17.6. The van der Waals surface area contributed by atoms with Gasteiger partial charge in [-0.2, -0.15) is 0 Å². The summed E-state index contributed by atoms with van der Waals surface area (Å²) in [5, 5.41) is 15.3. The molecule has 0 bridgehead atoms. The number of nitrogens with zero attached hydrogens (tertiary/aromatic N) is 2. The zero-order chi connectivity index (χ0) is 24.9. The van der Waals surface area contributed by atoms with Crippen molar-refractivity contribution in [3.05, 3.63) is 102 Å². The summed E-state index contributed by atoms with van der Waals surface area (Å²) in [6.07, 6.45) is 6.39. The fourth-order valence-corrected chi connectivity index (χ4v) is 5.19. The van der Waals surface area contributed by atoms with Gasteiger partial charge in [-0.1, -0.05) is 55.0 Å². The third-order valence-electron chi connectivity index (χ3n) is 7.10. The molecule has 1 aromatic heterocycles. The van der Waals surface area contributed by atoms with Crippen LogP contribution in [0.2, 0.25) is 0 Å². The molecule has 1 atom stereocenters. The van der Waals surface area contributed by atoms with Gasteiger partial charge in [0, 0.05) is 41.7 Å². The van der Waals surface area contributed by atoms with Crippen LogP contribution in [-0.4, -0.2) is 40.1 Å². The van der Waals surface area contributed by atoms with E-state index in [1.165, 1.54) is 37.0 Å². The Kier molecular flexibility index (Phi) is 7.33. The van der Waals surface area contributed by atoms with Crippen LogP contribution in [0.5, 0.6) is 5.88 Å². The van der Waals surface area contributed by atoms with E-state index in [1.54, 1.807) is 28.8 Å². The lowest BCUT2D eigenvalue weighted by molar-refractivity contribution is 0.0947. The number of benzene rings is 3. The van der Waals surface area contributed by atoms with Crippen molar-refractivity contribution < 1.29 is 14.3 Å². The van der Waals surface area contributed by atoms with Gasteiger partial charge in [-0.3, -0.25) is 9.69 Å². The topological polar surface area (TPSA) is 57.5 Å². The molecule has 2 heterocycles. The van der Waals surface area contributed by atoms with Gasteiger partial charge < -0.3 is 15.0 Å². The van der Waals surface area contributed by atoms with E-state index in [2.05, 4.69) is 40.5 Å². The third kappa shape index (κ3) is 5.44. The van der Waals surface area contributed by atoms with E-state index in [0.717, 1.165) is 30.5 Å². The molecule has 0 radical (unpaired) electrons. The quantitative estimate of drug-likeness (QED) is 0.306. The molecule has 1 saturated heterocycles. The zero-order valence-corrected chi connectivity index (χ0v) is 20.4. The second kappa shape index (κ2) is 11.0. The molecule has 5 nitrogen and oxygen atoms in total. The monoisotopic (exact) mass is 485 g/mol. The van der Waals surface area contributed by atoms with Crippen LogP contribution in [0.1, 0.15) is 53.2 Å². The summed E-state index contributed by atoms with van der Waals surface area (Å²) in [5.41, 5.74) is 2.78. The van der Waals surface area contributed by atoms with Crippen LogP contribution in [-0.2, 0) is 6.54 Å². The second-order valence-corrected chi connectivity index (χ2v) is 9.58. The molecule has 6 heteroatoms. The standard InChI is InChI=1S/C30H32FN3O2/c31-26-14-10-22(11-15-26)20-34-21-25-13-12-24(19-27(25)30(34)36)29(35)32-16-6-18-33-17-5-4-9-28(33)23-7-2-1-3-8-23/h1-3,7-8,10-15,19,21,28,36H,4-6,9,16-18,20H2,(H,32,35). The Hall–Kier alpha value is -3.64. The fourth-order valence-electron chi connectivity index (χ4n) is 5.19. The van der Waals surface area contributed by atoms with E-state index in [4.69, 9.17) is 0 Å². The lowest BCUT2D eigenvalue weighted by Gasteiger charge is -2.36. The van der Waals surface area contributed by atoms with Crippen LogP contribution < -0.4 is 5.32 Å². The Morgan fingerprint density at radius 1 is 1.03 bits per heavy atom. The van der Waals surface area contributed by atoms with Crippen LogP contribution in [0.15, 0.2) is 79.0 Å². The number of carbonyl (C=O) groups excluding carboxylic acids is 1. The van der Waals surface area contributed by atoms with Gasteiger partial charge in [0.15, 0.2) is 5.88 Å². The Labute approximate surface area is 211 Å². The van der Waals surface area contributed by atoms with Crippen LogP contribution >= 0.6 is 0 Å². The van der Waals surface area contributed by atoms with Gasteiger partial charge in [-0.05, 0) is 61.2 Å². The van der Waals surface area contributed by atoms with Crippen molar-refractivity contribution in [1.82, 2.24) is 14.8 Å². The number of aromatic hydroxyl groups is 1. The highest BCUT2D eigenvalue weighted by Crippen LogP contribution is 2.31. The molecule has 1 fully saturated rings. The SMILES string of the molecule is O=C(NCCCN1CCCCC1c1ccccc1)c1ccc2cn(Cc3ccc(F)cc3)c(O)c2c1. The van der Waals surface area contributed by atoms with E-state index in [1.807, 2.05) is 12.3 Å². The number of likely N-dealkylation sites (tertiary alicyclic amines) is 1. The number of amides is 1. The van der Waals surface area contributed by atoms with Crippen molar-refractivity contribution >= 4 is 16.7 Å². The predicted octanol–water partition coefficient (Wildman–Crippen LogP) is 5.88. The highest BCUT2D eigenvalue weighted by Gasteiger charge is 2.23. The minimum Gasteiger partial charge on any atom is -0.494 e. The molecule has 2 N–H and O–H groups in total. The third-order valence-corrected chi connectivity index (χ3v) is 7.10. The molecular weight excluding hydrogens is 453 g/mol. The molecule has 1 amide bonds. The number of rotatable bonds is 8. The highest BCUT2D eigenvalue weighted by molar-refractivity contribution is 6.00. The molecule has 1 unspecified atom stereocenters. The molecule has 0 aliphatic carbocycles. The Morgan fingerprint density at radius 2 is 1.83 bits per heavy atom. The van der Waals surface area contributed by atoms with Gasteiger partial charge in [-0.15, -0.1) is 0 Å². The summed E-state index contributed by atoms with van der Waals surface area (Å²) in [4.78, 5) is 15.4. The van der Waals surface area contributed by atoms with Crippen molar-refractivity contribution in [3.63, 3.8) is 0 Å². The number of piperidine rings is 1. The molecule has 5 rings (SSSR count). The molecule has 36 heavy (non-hydrogen) atoms. The van der Waals surface area contributed by atoms with Crippen LogP contribution in [0, 0.1) is 5.82 Å². The summed E-state index contributed by atoms with van der Waals surface area (Å²) >= 11 is 0. The number of fused-ring (bicyclic) bond motifs is 1. The molecule has 0 spiro atoms. The molecule has 1 aliphatic heterocycles. The van der Waals surface area contributed by atoms with Crippen LogP contribution in [0.3, 0.4) is 0 Å². The summed E-state index contributed by atoms with van der Waals surface area (Å²) in [6, 6.07) is 22.7. The van der Waals surface area contributed by atoms with Gasteiger partial charge in [0.2, 0.25) is 0 Å². The van der Waals surface area contributed by atoms with Gasteiger partial charge in [0.05, 0.1) is 6.54 Å². The smallest absolute Gasteiger partial charge is 0.251 e. The van der Waals surface area contributed by atoms with Crippen molar-refractivity contribution in [2.24, 2.45) is 0 Å². The molecule has 1 aliphatic rings. The first-order valence-corrected chi connectivity index (χ1v) is 12.7. The predicted molar refractivity (Wildman–Crippen MR) is 141 cm³/mol. The van der Waals surface area contributed by atoms with Gasteiger partial charge in [-0.25, -0.2) is 4.39 Å². The van der Waals surface area contributed by atoms with Crippen molar-refractivity contribution in [3.8, 4) is 5.88 Å². The van der Waals surface area contributed by atoms with Gasteiger partial charge >= 0.3 is 0 Å². The van der Waals surface area contributed by atoms with Crippen LogP contribution in [0.4, 0.5) is 4.39 Å². The van der Waals surface area contributed by atoms with Crippen LogP contribution in [0.25, 0.3) is 10.8 Å². The number of hydrogen-bond acceptors (Lipinski definition) is 3. The minimum atomic E-state index is -0.289. The molecule has 186 valence electrons. The number of nitrogens with one attached hydrogen (secondary N) is 1. The van der Waals surface area contributed by atoms with E-state index >= 15 is 0 Å². The Balaban J connectivity index is 1.18. The zero-order valence-electron chi connectivity index (χ0n) is 20.4. The highest BCUT2D eigenvalue weighted by atomic mass is 19.1. The largest absolute Gasteiger partial charge is 0.494 e. The Bertz CT molecular complexity index is 1320. The fraction of sp³-hybridized carbons (Fsp3) is 0.300.